The number of benzene rings is 2. The molecule has 1 aliphatic heterocycles. The molecule has 0 aromatic heterocycles. The maximum atomic E-state index is 5.88. The van der Waals surface area contributed by atoms with Gasteiger partial charge in [-0.15, -0.1) is 0 Å². The molecule has 110 valence electrons. The number of hydrogen-bond donors (Lipinski definition) is 1. The Morgan fingerprint density at radius 2 is 2.10 bits per heavy atom. The summed E-state index contributed by atoms with van der Waals surface area (Å²) < 4.78 is 11.8. The Morgan fingerprint density at radius 1 is 1.24 bits per heavy atom. The lowest BCUT2D eigenvalue weighted by Gasteiger charge is -2.13. The van der Waals surface area contributed by atoms with Gasteiger partial charge in [0.1, 0.15) is 24.2 Å². The normalized spacial score (nSPS) is 17.9. The van der Waals surface area contributed by atoms with E-state index in [1.807, 2.05) is 37.3 Å². The van der Waals surface area contributed by atoms with Crippen molar-refractivity contribution < 1.29 is 9.47 Å². The first-order valence-corrected chi connectivity index (χ1v) is 7.42. The Bertz CT molecular complexity index is 585. The first kappa shape index (κ1) is 14.0. The average Bonchev–Trinajstić information content (AvgIpc) is 2.87. The minimum Gasteiger partial charge on any atom is -0.490 e. The van der Waals surface area contributed by atoms with Crippen LogP contribution in [0.4, 0.5) is 0 Å². The molecule has 1 heterocycles. The van der Waals surface area contributed by atoms with Crippen LogP contribution in [0.2, 0.25) is 0 Å². The smallest absolute Gasteiger partial charge is 0.137 e. The van der Waals surface area contributed by atoms with Gasteiger partial charge in [-0.2, -0.15) is 0 Å². The summed E-state index contributed by atoms with van der Waals surface area (Å²) in [6, 6.07) is 16.5. The van der Waals surface area contributed by atoms with Crippen LogP contribution in [0.5, 0.6) is 11.5 Å². The fraction of sp³-hybridized carbons (Fsp3) is 0.333. The summed E-state index contributed by atoms with van der Waals surface area (Å²) in [6.45, 7) is 2.58. The van der Waals surface area contributed by atoms with Gasteiger partial charge >= 0.3 is 0 Å². The van der Waals surface area contributed by atoms with Crippen LogP contribution in [0, 0.1) is 0 Å². The fourth-order valence-corrected chi connectivity index (χ4v) is 2.67. The van der Waals surface area contributed by atoms with E-state index in [-0.39, 0.29) is 12.1 Å². The zero-order valence-electron chi connectivity index (χ0n) is 12.3. The van der Waals surface area contributed by atoms with Gasteiger partial charge in [-0.25, -0.2) is 0 Å². The van der Waals surface area contributed by atoms with Crippen molar-refractivity contribution in [3.63, 3.8) is 0 Å². The van der Waals surface area contributed by atoms with Crippen LogP contribution < -0.4 is 15.2 Å². The molecular weight excluding hydrogens is 262 g/mol. The molecule has 2 atom stereocenters. The number of para-hydroxylation sites is 1. The summed E-state index contributed by atoms with van der Waals surface area (Å²) >= 11 is 0. The van der Waals surface area contributed by atoms with E-state index in [0.29, 0.717) is 6.61 Å². The Morgan fingerprint density at radius 3 is 2.90 bits per heavy atom. The van der Waals surface area contributed by atoms with Gasteiger partial charge in [0.2, 0.25) is 0 Å². The largest absolute Gasteiger partial charge is 0.490 e. The number of nitrogens with two attached hydrogens (primary N) is 1. The highest BCUT2D eigenvalue weighted by Gasteiger charge is 2.22. The van der Waals surface area contributed by atoms with E-state index in [0.717, 1.165) is 24.3 Å². The van der Waals surface area contributed by atoms with E-state index < -0.39 is 0 Å². The molecule has 0 radical (unpaired) electrons. The number of fused-ring (bicyclic) bond motifs is 1. The maximum absolute atomic E-state index is 5.88. The second kappa shape index (κ2) is 6.19. The number of rotatable bonds is 5. The summed E-state index contributed by atoms with van der Waals surface area (Å²) in [5.74, 6) is 1.87. The molecule has 2 aromatic carbocycles. The van der Waals surface area contributed by atoms with E-state index in [4.69, 9.17) is 15.2 Å². The van der Waals surface area contributed by atoms with Crippen molar-refractivity contribution in [2.75, 3.05) is 6.61 Å². The highest BCUT2D eigenvalue weighted by atomic mass is 16.5. The molecule has 0 amide bonds. The Kier molecular flexibility index (Phi) is 4.11. The molecule has 0 saturated heterocycles. The summed E-state index contributed by atoms with van der Waals surface area (Å²) in [6.07, 6.45) is 1.87. The lowest BCUT2D eigenvalue weighted by molar-refractivity contribution is 0.148. The molecule has 0 spiro atoms. The van der Waals surface area contributed by atoms with Crippen molar-refractivity contribution >= 4 is 0 Å². The first-order chi connectivity index (χ1) is 10.2. The second-order valence-corrected chi connectivity index (χ2v) is 5.69. The second-order valence-electron chi connectivity index (χ2n) is 5.69. The summed E-state index contributed by atoms with van der Waals surface area (Å²) in [7, 11) is 0. The maximum Gasteiger partial charge on any atom is 0.137 e. The molecule has 0 saturated carbocycles. The van der Waals surface area contributed by atoms with Crippen molar-refractivity contribution in [3.8, 4) is 11.5 Å². The van der Waals surface area contributed by atoms with Crippen LogP contribution in [0.1, 0.15) is 18.1 Å². The molecule has 1 aliphatic rings. The highest BCUT2D eigenvalue weighted by Crippen LogP contribution is 2.28. The third-order valence-electron chi connectivity index (χ3n) is 3.61. The lowest BCUT2D eigenvalue weighted by Crippen LogP contribution is -2.22. The molecule has 21 heavy (non-hydrogen) atoms. The predicted octanol–water partition coefficient (Wildman–Crippen LogP) is 2.96. The third kappa shape index (κ3) is 3.56. The molecule has 3 heteroatoms. The van der Waals surface area contributed by atoms with Crippen LogP contribution in [0.15, 0.2) is 48.5 Å². The van der Waals surface area contributed by atoms with E-state index in [2.05, 4.69) is 18.2 Å². The van der Waals surface area contributed by atoms with Crippen LogP contribution in [-0.2, 0) is 12.8 Å². The van der Waals surface area contributed by atoms with Crippen LogP contribution in [0.25, 0.3) is 0 Å². The molecule has 2 unspecified atom stereocenters. The zero-order valence-corrected chi connectivity index (χ0v) is 12.3. The SMILES string of the molecule is CC(N)Cc1cccc(OCC2Cc3ccccc3O2)c1. The average molecular weight is 283 g/mol. The van der Waals surface area contributed by atoms with Gasteiger partial charge in [-0.05, 0) is 42.7 Å². The molecule has 2 N–H and O–H groups in total. The fourth-order valence-electron chi connectivity index (χ4n) is 2.67. The predicted molar refractivity (Wildman–Crippen MR) is 83.9 cm³/mol. The quantitative estimate of drug-likeness (QED) is 0.917. The Balaban J connectivity index is 1.57. The van der Waals surface area contributed by atoms with Gasteiger partial charge in [-0.1, -0.05) is 30.3 Å². The minimum absolute atomic E-state index is 0.0967. The molecule has 0 bridgehead atoms. The molecule has 3 nitrogen and oxygen atoms in total. The molecule has 0 fully saturated rings. The topological polar surface area (TPSA) is 44.5 Å². The van der Waals surface area contributed by atoms with E-state index in [1.54, 1.807) is 0 Å². The zero-order chi connectivity index (χ0) is 14.7. The van der Waals surface area contributed by atoms with Crippen molar-refractivity contribution in [1.29, 1.82) is 0 Å². The highest BCUT2D eigenvalue weighted by molar-refractivity contribution is 5.37. The Hall–Kier alpha value is -2.00. The van der Waals surface area contributed by atoms with Crippen LogP contribution >= 0.6 is 0 Å². The third-order valence-corrected chi connectivity index (χ3v) is 3.61. The molecule has 0 aliphatic carbocycles. The van der Waals surface area contributed by atoms with Crippen molar-refractivity contribution in [2.24, 2.45) is 5.73 Å². The summed E-state index contributed by atoms with van der Waals surface area (Å²) in [4.78, 5) is 0. The Labute approximate surface area is 125 Å². The van der Waals surface area contributed by atoms with Gasteiger partial charge in [0.15, 0.2) is 0 Å². The van der Waals surface area contributed by atoms with E-state index >= 15 is 0 Å². The van der Waals surface area contributed by atoms with Crippen LogP contribution in [0.3, 0.4) is 0 Å². The van der Waals surface area contributed by atoms with Gasteiger partial charge in [0.25, 0.3) is 0 Å². The van der Waals surface area contributed by atoms with Gasteiger partial charge in [0, 0.05) is 12.5 Å². The van der Waals surface area contributed by atoms with Crippen LogP contribution in [-0.4, -0.2) is 18.8 Å². The number of ether oxygens (including phenoxy) is 2. The summed E-state index contributed by atoms with van der Waals surface area (Å²) in [5.41, 5.74) is 8.30. The number of hydrogen-bond acceptors (Lipinski definition) is 3. The first-order valence-electron chi connectivity index (χ1n) is 7.42. The molecule has 2 aromatic rings. The van der Waals surface area contributed by atoms with E-state index in [1.165, 1.54) is 11.1 Å². The van der Waals surface area contributed by atoms with Gasteiger partial charge in [0.05, 0.1) is 0 Å². The monoisotopic (exact) mass is 283 g/mol. The molecular formula is C18H21NO2. The standard InChI is InChI=1S/C18H21NO2/c1-13(19)9-14-5-4-7-16(10-14)20-12-17-11-15-6-2-3-8-18(15)21-17/h2-8,10,13,17H,9,11-12,19H2,1H3. The lowest BCUT2D eigenvalue weighted by atomic mass is 10.1. The minimum atomic E-state index is 0.0967. The van der Waals surface area contributed by atoms with Gasteiger partial charge < -0.3 is 15.2 Å². The van der Waals surface area contributed by atoms with Crippen molar-refractivity contribution in [2.45, 2.75) is 31.9 Å². The van der Waals surface area contributed by atoms with Crippen molar-refractivity contribution in [1.82, 2.24) is 0 Å². The molecule has 3 rings (SSSR count). The van der Waals surface area contributed by atoms with Crippen molar-refractivity contribution in [3.05, 3.63) is 59.7 Å². The van der Waals surface area contributed by atoms with Gasteiger partial charge in [-0.3, -0.25) is 0 Å². The van der Waals surface area contributed by atoms with E-state index in [9.17, 15) is 0 Å². The summed E-state index contributed by atoms with van der Waals surface area (Å²) in [5, 5.41) is 0.